The second-order valence-corrected chi connectivity index (χ2v) is 9.08. The monoisotopic (exact) mass is 438 g/mol. The van der Waals surface area contributed by atoms with Crippen molar-refractivity contribution in [1.82, 2.24) is 20.2 Å². The molecule has 1 saturated heterocycles. The van der Waals surface area contributed by atoms with Crippen LogP contribution in [0.25, 0.3) is 22.2 Å². The van der Waals surface area contributed by atoms with Crippen molar-refractivity contribution in [1.29, 1.82) is 0 Å². The van der Waals surface area contributed by atoms with Crippen LogP contribution in [0.4, 0.5) is 4.39 Å². The average Bonchev–Trinajstić information content (AvgIpc) is 3.17. The van der Waals surface area contributed by atoms with Crippen LogP contribution in [-0.4, -0.2) is 57.8 Å². The number of benzene rings is 1. The third-order valence-electron chi connectivity index (χ3n) is 6.30. The summed E-state index contributed by atoms with van der Waals surface area (Å²) in [6.07, 6.45) is 3.75. The topological polar surface area (TPSA) is 90.5 Å². The van der Waals surface area contributed by atoms with E-state index in [-0.39, 0.29) is 17.8 Å². The number of ether oxygens (including phenoxy) is 1. The van der Waals surface area contributed by atoms with E-state index in [2.05, 4.69) is 27.4 Å². The van der Waals surface area contributed by atoms with Crippen LogP contribution in [-0.2, 0) is 22.5 Å². The molecule has 7 nitrogen and oxygen atoms in total. The van der Waals surface area contributed by atoms with Crippen LogP contribution < -0.4 is 5.32 Å². The lowest BCUT2D eigenvalue weighted by Gasteiger charge is -2.36. The van der Waals surface area contributed by atoms with Gasteiger partial charge in [-0.2, -0.15) is 0 Å². The van der Waals surface area contributed by atoms with E-state index in [9.17, 15) is 14.3 Å². The lowest BCUT2D eigenvalue weighted by atomic mass is 9.87. The van der Waals surface area contributed by atoms with E-state index in [0.717, 1.165) is 34.4 Å². The number of pyridine rings is 1. The molecule has 168 valence electrons. The van der Waals surface area contributed by atoms with E-state index in [1.807, 2.05) is 6.07 Å². The number of amides is 1. The zero-order valence-electron chi connectivity index (χ0n) is 18.2. The maximum atomic E-state index is 14.1. The van der Waals surface area contributed by atoms with Crippen molar-refractivity contribution in [3.05, 3.63) is 53.1 Å². The zero-order valence-corrected chi connectivity index (χ0v) is 18.2. The second kappa shape index (κ2) is 7.95. The maximum absolute atomic E-state index is 14.1. The Morgan fingerprint density at radius 2 is 2.16 bits per heavy atom. The van der Waals surface area contributed by atoms with Gasteiger partial charge in [-0.25, -0.2) is 9.37 Å². The summed E-state index contributed by atoms with van der Waals surface area (Å²) in [4.78, 5) is 21.7. The van der Waals surface area contributed by atoms with Gasteiger partial charge in [0.1, 0.15) is 17.1 Å². The molecule has 2 aromatic heterocycles. The summed E-state index contributed by atoms with van der Waals surface area (Å²) >= 11 is 0. The van der Waals surface area contributed by atoms with Gasteiger partial charge in [0.25, 0.3) is 5.91 Å². The molecular weight excluding hydrogens is 411 g/mol. The van der Waals surface area contributed by atoms with Crippen LogP contribution in [0.5, 0.6) is 0 Å². The predicted molar refractivity (Wildman–Crippen MR) is 118 cm³/mol. The Labute approximate surface area is 185 Å². The molecule has 8 heteroatoms. The molecule has 1 amide bonds. The van der Waals surface area contributed by atoms with Gasteiger partial charge >= 0.3 is 0 Å². The summed E-state index contributed by atoms with van der Waals surface area (Å²) in [7, 11) is 0. The highest BCUT2D eigenvalue weighted by Crippen LogP contribution is 2.35. The standard InChI is InChI=1S/C24H27FN4O3/c1-24(2,31)23(30)29-5-3-14-7-15(16-9-18-20(25)11-28-22(18)27-10-16)8-17(19(14)12-29)21-13-32-6-4-26-21/h7-11,21,26,31H,3-6,12-13H2,1-2H3,(H,27,28)/t21-/m0/s1. The number of fused-ring (bicyclic) bond motifs is 2. The van der Waals surface area contributed by atoms with Crippen molar-refractivity contribution < 1.29 is 19.0 Å². The fraction of sp³-hybridized carbons (Fsp3) is 0.417. The molecule has 4 heterocycles. The molecule has 2 aliphatic heterocycles. The highest BCUT2D eigenvalue weighted by molar-refractivity contribution is 5.85. The van der Waals surface area contributed by atoms with Gasteiger partial charge in [0.15, 0.2) is 0 Å². The Kier molecular flexibility index (Phi) is 5.23. The Hall–Kier alpha value is -2.81. The molecule has 1 atom stereocenters. The predicted octanol–water partition coefficient (Wildman–Crippen LogP) is 2.69. The van der Waals surface area contributed by atoms with Gasteiger partial charge in [-0.05, 0) is 54.7 Å². The third-order valence-corrected chi connectivity index (χ3v) is 6.30. The van der Waals surface area contributed by atoms with Gasteiger partial charge in [-0.3, -0.25) is 4.79 Å². The molecule has 2 aliphatic rings. The fourth-order valence-corrected chi connectivity index (χ4v) is 4.63. The van der Waals surface area contributed by atoms with Gasteiger partial charge in [0.05, 0.1) is 24.6 Å². The summed E-state index contributed by atoms with van der Waals surface area (Å²) in [6, 6.07) is 6.02. The van der Waals surface area contributed by atoms with Gasteiger partial charge < -0.3 is 25.0 Å². The minimum Gasteiger partial charge on any atom is -0.381 e. The Bertz CT molecular complexity index is 1180. The van der Waals surface area contributed by atoms with Crippen LogP contribution in [0.2, 0.25) is 0 Å². The summed E-state index contributed by atoms with van der Waals surface area (Å²) in [5.74, 6) is -0.598. The maximum Gasteiger partial charge on any atom is 0.254 e. The van der Waals surface area contributed by atoms with E-state index in [1.165, 1.54) is 20.0 Å². The molecule has 0 bridgehead atoms. The van der Waals surface area contributed by atoms with Gasteiger partial charge in [0.2, 0.25) is 0 Å². The quantitative estimate of drug-likeness (QED) is 0.585. The van der Waals surface area contributed by atoms with Crippen molar-refractivity contribution >= 4 is 16.9 Å². The Morgan fingerprint density at radius 3 is 2.91 bits per heavy atom. The van der Waals surface area contributed by atoms with Crippen LogP contribution >= 0.6 is 0 Å². The number of hydrogen-bond acceptors (Lipinski definition) is 5. The van der Waals surface area contributed by atoms with E-state index in [4.69, 9.17) is 4.74 Å². The highest BCUT2D eigenvalue weighted by atomic mass is 19.1. The summed E-state index contributed by atoms with van der Waals surface area (Å²) < 4.78 is 19.9. The number of nitrogens with zero attached hydrogens (tertiary/aromatic N) is 2. The smallest absolute Gasteiger partial charge is 0.254 e. The molecular formula is C24H27FN4O3. The molecule has 0 radical (unpaired) electrons. The highest BCUT2D eigenvalue weighted by Gasteiger charge is 2.33. The van der Waals surface area contributed by atoms with Crippen molar-refractivity contribution in [3.8, 4) is 11.1 Å². The first-order valence-electron chi connectivity index (χ1n) is 10.9. The first kappa shape index (κ1) is 21.1. The number of carbonyl (C=O) groups excluding carboxylic acids is 1. The van der Waals surface area contributed by atoms with Crippen molar-refractivity contribution in [2.45, 2.75) is 38.5 Å². The minimum absolute atomic E-state index is 0.00433. The molecule has 0 spiro atoms. The summed E-state index contributed by atoms with van der Waals surface area (Å²) in [5.41, 5.74) is 4.22. The number of rotatable bonds is 3. The average molecular weight is 439 g/mol. The zero-order chi connectivity index (χ0) is 22.5. The second-order valence-electron chi connectivity index (χ2n) is 9.08. The van der Waals surface area contributed by atoms with E-state index < -0.39 is 5.60 Å². The van der Waals surface area contributed by atoms with Gasteiger partial charge in [0, 0.05) is 37.6 Å². The fourth-order valence-electron chi connectivity index (χ4n) is 4.63. The molecule has 0 unspecified atom stereocenters. The molecule has 3 aromatic rings. The van der Waals surface area contributed by atoms with Crippen molar-refractivity contribution in [2.75, 3.05) is 26.3 Å². The minimum atomic E-state index is -1.41. The van der Waals surface area contributed by atoms with E-state index >= 15 is 0 Å². The third kappa shape index (κ3) is 3.79. The summed E-state index contributed by atoms with van der Waals surface area (Å²) in [6.45, 7) is 5.97. The number of halogens is 1. The molecule has 1 fully saturated rings. The first-order valence-corrected chi connectivity index (χ1v) is 10.9. The molecule has 3 N–H and O–H groups in total. The van der Waals surface area contributed by atoms with Crippen molar-refractivity contribution in [3.63, 3.8) is 0 Å². The number of carbonyl (C=O) groups is 1. The van der Waals surface area contributed by atoms with Gasteiger partial charge in [-0.1, -0.05) is 6.07 Å². The number of nitrogens with one attached hydrogen (secondary N) is 2. The molecule has 0 aliphatic carbocycles. The van der Waals surface area contributed by atoms with Crippen LogP contribution in [0.3, 0.4) is 0 Å². The number of morpholine rings is 1. The number of aliphatic hydroxyl groups is 1. The molecule has 1 aromatic carbocycles. The van der Waals surface area contributed by atoms with Crippen molar-refractivity contribution in [2.24, 2.45) is 0 Å². The SMILES string of the molecule is CC(C)(O)C(=O)N1CCc2cc(-c3cnc4[nH]cc(F)c4c3)cc([C@@H]3COCCN3)c2C1. The van der Waals surface area contributed by atoms with Crippen LogP contribution in [0, 0.1) is 5.82 Å². The largest absolute Gasteiger partial charge is 0.381 e. The lowest BCUT2D eigenvalue weighted by molar-refractivity contribution is -0.148. The number of hydrogen-bond donors (Lipinski definition) is 3. The number of H-pyrrole nitrogens is 1. The summed E-state index contributed by atoms with van der Waals surface area (Å²) in [5, 5.41) is 14.2. The van der Waals surface area contributed by atoms with E-state index in [1.54, 1.807) is 11.1 Å². The number of aromatic amines is 1. The molecule has 0 saturated carbocycles. The normalized spacial score (nSPS) is 19.2. The van der Waals surface area contributed by atoms with Crippen LogP contribution in [0.15, 0.2) is 30.6 Å². The van der Waals surface area contributed by atoms with Crippen LogP contribution in [0.1, 0.15) is 36.6 Å². The Balaban J connectivity index is 1.59. The van der Waals surface area contributed by atoms with Gasteiger partial charge in [-0.15, -0.1) is 0 Å². The molecule has 32 heavy (non-hydrogen) atoms. The number of aromatic nitrogens is 2. The lowest BCUT2D eigenvalue weighted by Crippen LogP contribution is -2.47. The first-order chi connectivity index (χ1) is 15.3. The Morgan fingerprint density at radius 1 is 1.31 bits per heavy atom. The molecule has 5 rings (SSSR count). The van der Waals surface area contributed by atoms with E-state index in [0.29, 0.717) is 43.8 Å².